The van der Waals surface area contributed by atoms with E-state index < -0.39 is 0 Å². The molecule has 0 nitrogen and oxygen atoms in total. The average molecular weight is 385 g/mol. The molecule has 29 heavy (non-hydrogen) atoms. The highest BCUT2D eigenvalue weighted by Crippen LogP contribution is 2.32. The van der Waals surface area contributed by atoms with Crippen LogP contribution in [0.4, 0.5) is 0 Å². The summed E-state index contributed by atoms with van der Waals surface area (Å²) in [5.41, 5.74) is 6.52. The summed E-state index contributed by atoms with van der Waals surface area (Å²) in [4.78, 5) is 0. The fraction of sp³-hybridized carbons (Fsp3) is 0.448. The van der Waals surface area contributed by atoms with Gasteiger partial charge in [0.2, 0.25) is 0 Å². The Balaban J connectivity index is 1.55. The predicted octanol–water partition coefficient (Wildman–Crippen LogP) is 8.19. The van der Waals surface area contributed by atoms with Crippen molar-refractivity contribution >= 4 is 5.57 Å². The molecule has 1 unspecified atom stereocenters. The minimum atomic E-state index is 0.905. The van der Waals surface area contributed by atoms with Gasteiger partial charge in [-0.3, -0.25) is 0 Å². The molecule has 0 radical (unpaired) electrons. The Kier molecular flexibility index (Phi) is 8.63. The molecule has 0 aliphatic heterocycles. The third-order valence-electron chi connectivity index (χ3n) is 6.12. The lowest BCUT2D eigenvalue weighted by atomic mass is 9.84. The third-order valence-corrected chi connectivity index (χ3v) is 6.12. The molecule has 2 aromatic carbocycles. The van der Waals surface area contributed by atoms with Gasteiger partial charge in [-0.05, 0) is 79.0 Å². The minimum Gasteiger partial charge on any atom is -0.0804 e. The van der Waals surface area contributed by atoms with Crippen LogP contribution in [-0.4, -0.2) is 0 Å². The highest BCUT2D eigenvalue weighted by atomic mass is 14.2. The van der Waals surface area contributed by atoms with E-state index in [1.165, 1.54) is 80.9 Å². The summed E-state index contributed by atoms with van der Waals surface area (Å²) < 4.78 is 0. The van der Waals surface area contributed by atoms with Gasteiger partial charge in [-0.1, -0.05) is 88.1 Å². The summed E-state index contributed by atoms with van der Waals surface area (Å²) in [6, 6.07) is 17.6. The quantitative estimate of drug-likeness (QED) is 0.318. The molecule has 0 heteroatoms. The highest BCUT2D eigenvalue weighted by Gasteiger charge is 2.14. The maximum Gasteiger partial charge on any atom is 0.0249 e. The maximum absolute atomic E-state index is 3.32. The first-order valence-corrected chi connectivity index (χ1v) is 11.7. The molecule has 0 spiro atoms. The lowest BCUT2D eigenvalue weighted by Gasteiger charge is -2.22. The van der Waals surface area contributed by atoms with Gasteiger partial charge in [-0.25, -0.2) is 0 Å². The first kappa shape index (κ1) is 21.4. The molecule has 1 aliphatic rings. The fourth-order valence-corrected chi connectivity index (χ4v) is 4.15. The van der Waals surface area contributed by atoms with Gasteiger partial charge in [-0.2, -0.15) is 0 Å². The van der Waals surface area contributed by atoms with Crippen molar-refractivity contribution in [3.05, 3.63) is 76.9 Å². The molecule has 0 saturated heterocycles. The summed E-state index contributed by atoms with van der Waals surface area (Å²) in [5.74, 6) is 7.54. The summed E-state index contributed by atoms with van der Waals surface area (Å²) >= 11 is 0. The van der Waals surface area contributed by atoms with Crippen molar-refractivity contribution in [1.29, 1.82) is 0 Å². The molecule has 3 rings (SSSR count). The zero-order valence-corrected chi connectivity index (χ0v) is 18.3. The van der Waals surface area contributed by atoms with Crippen LogP contribution >= 0.6 is 0 Å². The Bertz CT molecular complexity index is 824. The SMILES string of the molecule is CCCCCc1ccc(C#Cc2ccc(C3=CCC(CCCC)CC3)cc2)cc1. The zero-order chi connectivity index (χ0) is 20.3. The molecule has 1 aliphatic carbocycles. The normalized spacial score (nSPS) is 16.1. The van der Waals surface area contributed by atoms with Crippen LogP contribution in [-0.2, 0) is 6.42 Å². The molecular weight excluding hydrogens is 348 g/mol. The number of rotatable bonds is 8. The van der Waals surface area contributed by atoms with Gasteiger partial charge in [0.15, 0.2) is 0 Å². The van der Waals surface area contributed by atoms with Crippen LogP contribution in [0.5, 0.6) is 0 Å². The van der Waals surface area contributed by atoms with Crippen LogP contribution in [0.25, 0.3) is 5.57 Å². The summed E-state index contributed by atoms with van der Waals surface area (Å²) in [6.45, 7) is 4.54. The lowest BCUT2D eigenvalue weighted by molar-refractivity contribution is 0.434. The van der Waals surface area contributed by atoms with E-state index in [4.69, 9.17) is 0 Å². The minimum absolute atomic E-state index is 0.905. The molecule has 1 atom stereocenters. The second-order valence-corrected chi connectivity index (χ2v) is 8.49. The summed E-state index contributed by atoms with van der Waals surface area (Å²) in [6.07, 6.45) is 15.5. The Hall–Kier alpha value is -2.26. The fourth-order valence-electron chi connectivity index (χ4n) is 4.15. The number of aryl methyl sites for hydroxylation is 1. The van der Waals surface area contributed by atoms with E-state index >= 15 is 0 Å². The van der Waals surface area contributed by atoms with Crippen LogP contribution in [0.1, 0.15) is 93.9 Å². The number of benzene rings is 2. The zero-order valence-electron chi connectivity index (χ0n) is 18.3. The first-order valence-electron chi connectivity index (χ1n) is 11.7. The third kappa shape index (κ3) is 6.93. The van der Waals surface area contributed by atoms with Crippen LogP contribution in [0.3, 0.4) is 0 Å². The van der Waals surface area contributed by atoms with E-state index in [0.29, 0.717) is 0 Å². The molecule has 0 aromatic heterocycles. The molecule has 0 heterocycles. The molecule has 0 fully saturated rings. The van der Waals surface area contributed by atoms with Crippen LogP contribution in [0.2, 0.25) is 0 Å². The van der Waals surface area contributed by atoms with Crippen molar-refractivity contribution in [2.75, 3.05) is 0 Å². The second kappa shape index (κ2) is 11.7. The Morgan fingerprint density at radius 1 is 0.793 bits per heavy atom. The average Bonchev–Trinajstić information content (AvgIpc) is 2.78. The van der Waals surface area contributed by atoms with Crippen LogP contribution < -0.4 is 0 Å². The molecular formula is C29H36. The molecule has 2 aromatic rings. The summed E-state index contributed by atoms with van der Waals surface area (Å²) in [5, 5.41) is 0. The lowest BCUT2D eigenvalue weighted by Crippen LogP contribution is -2.05. The van der Waals surface area contributed by atoms with Gasteiger partial charge in [-0.15, -0.1) is 0 Å². The van der Waals surface area contributed by atoms with Crippen molar-refractivity contribution in [2.45, 2.75) is 78.1 Å². The van der Waals surface area contributed by atoms with Crippen LogP contribution in [0.15, 0.2) is 54.6 Å². The Labute approximate surface area is 178 Å². The first-order chi connectivity index (χ1) is 14.3. The number of allylic oxidation sites excluding steroid dienone is 2. The Morgan fingerprint density at radius 2 is 1.45 bits per heavy atom. The van der Waals surface area contributed by atoms with E-state index in [2.05, 4.69) is 80.3 Å². The topological polar surface area (TPSA) is 0 Å². The van der Waals surface area contributed by atoms with Crippen molar-refractivity contribution in [2.24, 2.45) is 5.92 Å². The number of unbranched alkanes of at least 4 members (excludes halogenated alkanes) is 3. The standard InChI is InChI=1S/C29H36/c1-3-5-7-9-25-10-12-26(13-11-25)14-15-27-18-22-29(23-19-27)28-20-16-24(17-21-28)8-6-4-2/h10-13,18-20,22-24H,3-9,16-17,21H2,1-2H3. The monoisotopic (exact) mass is 384 g/mol. The van der Waals surface area contributed by atoms with E-state index in [1.54, 1.807) is 0 Å². The van der Waals surface area contributed by atoms with Crippen LogP contribution in [0, 0.1) is 17.8 Å². The van der Waals surface area contributed by atoms with Gasteiger partial charge in [0.25, 0.3) is 0 Å². The van der Waals surface area contributed by atoms with Gasteiger partial charge in [0.1, 0.15) is 0 Å². The summed E-state index contributed by atoms with van der Waals surface area (Å²) in [7, 11) is 0. The predicted molar refractivity (Wildman–Crippen MR) is 127 cm³/mol. The Morgan fingerprint density at radius 3 is 2.03 bits per heavy atom. The van der Waals surface area contributed by atoms with Crippen molar-refractivity contribution < 1.29 is 0 Å². The van der Waals surface area contributed by atoms with Gasteiger partial charge < -0.3 is 0 Å². The molecule has 0 bridgehead atoms. The van der Waals surface area contributed by atoms with Gasteiger partial charge in [0, 0.05) is 11.1 Å². The van der Waals surface area contributed by atoms with Gasteiger partial charge in [0.05, 0.1) is 0 Å². The van der Waals surface area contributed by atoms with E-state index in [1.807, 2.05) is 0 Å². The van der Waals surface area contributed by atoms with Crippen molar-refractivity contribution in [3.63, 3.8) is 0 Å². The van der Waals surface area contributed by atoms with Gasteiger partial charge >= 0.3 is 0 Å². The molecule has 152 valence electrons. The second-order valence-electron chi connectivity index (χ2n) is 8.49. The number of hydrogen-bond donors (Lipinski definition) is 0. The van der Waals surface area contributed by atoms with Crippen molar-refractivity contribution in [3.8, 4) is 11.8 Å². The molecule has 0 saturated carbocycles. The molecule has 0 N–H and O–H groups in total. The maximum atomic E-state index is 3.32. The highest BCUT2D eigenvalue weighted by molar-refractivity contribution is 5.67. The van der Waals surface area contributed by atoms with E-state index in [0.717, 1.165) is 17.0 Å². The van der Waals surface area contributed by atoms with E-state index in [9.17, 15) is 0 Å². The largest absolute Gasteiger partial charge is 0.0804 e. The number of hydrogen-bond acceptors (Lipinski definition) is 0. The smallest absolute Gasteiger partial charge is 0.0249 e. The molecule has 0 amide bonds. The van der Waals surface area contributed by atoms with Crippen molar-refractivity contribution in [1.82, 2.24) is 0 Å². The van der Waals surface area contributed by atoms with E-state index in [-0.39, 0.29) is 0 Å².